The normalized spacial score (nSPS) is 10.4. The smallest absolute Gasteiger partial charge is 0.223 e. The van der Waals surface area contributed by atoms with Gasteiger partial charge < -0.3 is 15.6 Å². The molecular weight excluding hydrogens is 208 g/mol. The first-order valence-electron chi connectivity index (χ1n) is 4.77. The van der Waals surface area contributed by atoms with E-state index in [1.165, 1.54) is 0 Å². The first kappa shape index (κ1) is 10.3. The third-order valence-electron chi connectivity index (χ3n) is 1.97. The summed E-state index contributed by atoms with van der Waals surface area (Å²) in [6.07, 6.45) is 1.66. The highest BCUT2D eigenvalue weighted by molar-refractivity contribution is 5.44. The van der Waals surface area contributed by atoms with E-state index in [0.29, 0.717) is 24.1 Å². The maximum Gasteiger partial charge on any atom is 0.223 e. The second-order valence-electron chi connectivity index (χ2n) is 3.34. The SMILES string of the molecule is Cc1nc(CNc2nc(N)ncc2C)no1. The van der Waals surface area contributed by atoms with Crippen LogP contribution in [0.15, 0.2) is 10.7 Å². The van der Waals surface area contributed by atoms with Crippen LogP contribution in [0.3, 0.4) is 0 Å². The number of nitrogen functional groups attached to an aromatic ring is 1. The predicted octanol–water partition coefficient (Wildman–Crippen LogP) is 0.671. The molecule has 0 aliphatic heterocycles. The van der Waals surface area contributed by atoms with Crippen molar-refractivity contribution in [1.29, 1.82) is 0 Å². The van der Waals surface area contributed by atoms with Crippen LogP contribution < -0.4 is 11.1 Å². The highest BCUT2D eigenvalue weighted by atomic mass is 16.5. The van der Waals surface area contributed by atoms with Crippen LogP contribution in [0, 0.1) is 13.8 Å². The zero-order chi connectivity index (χ0) is 11.5. The minimum absolute atomic E-state index is 0.234. The van der Waals surface area contributed by atoms with Crippen LogP contribution in [0.2, 0.25) is 0 Å². The second-order valence-corrected chi connectivity index (χ2v) is 3.34. The number of nitrogens with two attached hydrogens (primary N) is 1. The molecule has 0 unspecified atom stereocenters. The average molecular weight is 220 g/mol. The third-order valence-corrected chi connectivity index (χ3v) is 1.97. The molecule has 0 bridgehead atoms. The quantitative estimate of drug-likeness (QED) is 0.783. The Kier molecular flexibility index (Phi) is 2.67. The molecule has 2 rings (SSSR count). The summed E-state index contributed by atoms with van der Waals surface area (Å²) in [5.41, 5.74) is 6.40. The van der Waals surface area contributed by atoms with E-state index in [1.54, 1.807) is 13.1 Å². The Balaban J connectivity index is 2.07. The highest BCUT2D eigenvalue weighted by Gasteiger charge is 2.05. The van der Waals surface area contributed by atoms with Gasteiger partial charge in [-0.2, -0.15) is 9.97 Å². The van der Waals surface area contributed by atoms with E-state index in [0.717, 1.165) is 5.56 Å². The van der Waals surface area contributed by atoms with E-state index in [1.807, 2.05) is 6.92 Å². The Bertz CT molecular complexity index is 494. The van der Waals surface area contributed by atoms with Gasteiger partial charge in [0.15, 0.2) is 5.82 Å². The Labute approximate surface area is 92.1 Å². The van der Waals surface area contributed by atoms with Crippen molar-refractivity contribution in [3.8, 4) is 0 Å². The van der Waals surface area contributed by atoms with Gasteiger partial charge in [0.1, 0.15) is 5.82 Å². The van der Waals surface area contributed by atoms with Crippen molar-refractivity contribution in [2.75, 3.05) is 11.1 Å². The summed E-state index contributed by atoms with van der Waals surface area (Å²) in [5.74, 6) is 2.03. The van der Waals surface area contributed by atoms with E-state index < -0.39 is 0 Å². The molecule has 0 atom stereocenters. The molecule has 2 aromatic rings. The number of aryl methyl sites for hydroxylation is 2. The van der Waals surface area contributed by atoms with Crippen molar-refractivity contribution in [2.24, 2.45) is 0 Å². The molecule has 7 nitrogen and oxygen atoms in total. The lowest BCUT2D eigenvalue weighted by atomic mass is 10.3. The van der Waals surface area contributed by atoms with Crippen LogP contribution in [-0.4, -0.2) is 20.1 Å². The van der Waals surface area contributed by atoms with Gasteiger partial charge in [-0.15, -0.1) is 0 Å². The van der Waals surface area contributed by atoms with Crippen LogP contribution in [0.4, 0.5) is 11.8 Å². The lowest BCUT2D eigenvalue weighted by Crippen LogP contribution is -2.07. The molecule has 0 fully saturated rings. The summed E-state index contributed by atoms with van der Waals surface area (Å²) in [7, 11) is 0. The average Bonchev–Trinajstić information content (AvgIpc) is 2.66. The number of aromatic nitrogens is 4. The molecule has 0 aromatic carbocycles. The summed E-state index contributed by atoms with van der Waals surface area (Å²) in [6, 6.07) is 0. The van der Waals surface area contributed by atoms with Gasteiger partial charge in [-0.3, -0.25) is 0 Å². The summed E-state index contributed by atoms with van der Waals surface area (Å²) in [5, 5.41) is 6.83. The summed E-state index contributed by atoms with van der Waals surface area (Å²) in [6.45, 7) is 4.07. The predicted molar refractivity (Wildman–Crippen MR) is 57.5 cm³/mol. The van der Waals surface area contributed by atoms with Gasteiger partial charge in [0.2, 0.25) is 11.8 Å². The molecule has 0 saturated heterocycles. The molecule has 0 amide bonds. The molecule has 0 saturated carbocycles. The van der Waals surface area contributed by atoms with Gasteiger partial charge >= 0.3 is 0 Å². The Hall–Kier alpha value is -2.18. The fraction of sp³-hybridized carbons (Fsp3) is 0.333. The number of nitrogens with zero attached hydrogens (tertiary/aromatic N) is 4. The number of hydrogen-bond acceptors (Lipinski definition) is 7. The maximum absolute atomic E-state index is 5.49. The molecule has 0 spiro atoms. The lowest BCUT2D eigenvalue weighted by molar-refractivity contribution is 0.388. The van der Waals surface area contributed by atoms with E-state index in [-0.39, 0.29) is 5.95 Å². The van der Waals surface area contributed by atoms with Crippen LogP contribution in [0.1, 0.15) is 17.3 Å². The molecule has 2 heterocycles. The molecule has 16 heavy (non-hydrogen) atoms. The molecule has 84 valence electrons. The molecule has 0 aliphatic rings. The Morgan fingerprint density at radius 3 is 2.88 bits per heavy atom. The Morgan fingerprint density at radius 1 is 1.38 bits per heavy atom. The van der Waals surface area contributed by atoms with Gasteiger partial charge in [-0.1, -0.05) is 5.16 Å². The number of hydrogen-bond donors (Lipinski definition) is 2. The Morgan fingerprint density at radius 2 is 2.19 bits per heavy atom. The molecule has 7 heteroatoms. The van der Waals surface area contributed by atoms with E-state index in [2.05, 4.69) is 25.4 Å². The van der Waals surface area contributed by atoms with E-state index >= 15 is 0 Å². The second kappa shape index (κ2) is 4.13. The van der Waals surface area contributed by atoms with Gasteiger partial charge in [0.05, 0.1) is 6.54 Å². The summed E-state index contributed by atoms with van der Waals surface area (Å²) >= 11 is 0. The summed E-state index contributed by atoms with van der Waals surface area (Å²) < 4.78 is 4.85. The zero-order valence-corrected chi connectivity index (χ0v) is 9.06. The van der Waals surface area contributed by atoms with Crippen molar-refractivity contribution in [1.82, 2.24) is 20.1 Å². The molecule has 2 aromatic heterocycles. The number of anilines is 2. The topological polar surface area (TPSA) is 103 Å². The van der Waals surface area contributed by atoms with Gasteiger partial charge in [0.25, 0.3) is 0 Å². The van der Waals surface area contributed by atoms with Gasteiger partial charge in [0, 0.05) is 18.7 Å². The molecule has 3 N–H and O–H groups in total. The first-order chi connectivity index (χ1) is 7.65. The van der Waals surface area contributed by atoms with Crippen molar-refractivity contribution < 1.29 is 4.52 Å². The lowest BCUT2D eigenvalue weighted by Gasteiger charge is -2.05. The van der Waals surface area contributed by atoms with E-state index in [9.17, 15) is 0 Å². The minimum Gasteiger partial charge on any atom is -0.368 e. The zero-order valence-electron chi connectivity index (χ0n) is 9.06. The van der Waals surface area contributed by atoms with Gasteiger partial charge in [-0.25, -0.2) is 4.98 Å². The number of nitrogens with one attached hydrogen (secondary N) is 1. The summed E-state index contributed by atoms with van der Waals surface area (Å²) in [4.78, 5) is 12.0. The monoisotopic (exact) mass is 220 g/mol. The van der Waals surface area contributed by atoms with Crippen LogP contribution >= 0.6 is 0 Å². The molecule has 0 radical (unpaired) electrons. The third kappa shape index (κ3) is 2.25. The molecular formula is C9H12N6O. The van der Waals surface area contributed by atoms with Crippen molar-refractivity contribution in [3.63, 3.8) is 0 Å². The fourth-order valence-corrected chi connectivity index (χ4v) is 1.21. The van der Waals surface area contributed by atoms with Crippen LogP contribution in [0.25, 0.3) is 0 Å². The highest BCUT2D eigenvalue weighted by Crippen LogP contribution is 2.11. The van der Waals surface area contributed by atoms with Crippen molar-refractivity contribution in [2.45, 2.75) is 20.4 Å². The maximum atomic E-state index is 5.49. The fourth-order valence-electron chi connectivity index (χ4n) is 1.21. The van der Waals surface area contributed by atoms with Crippen molar-refractivity contribution >= 4 is 11.8 Å². The van der Waals surface area contributed by atoms with Crippen LogP contribution in [-0.2, 0) is 6.54 Å². The minimum atomic E-state index is 0.234. The van der Waals surface area contributed by atoms with E-state index in [4.69, 9.17) is 10.3 Å². The largest absolute Gasteiger partial charge is 0.368 e. The van der Waals surface area contributed by atoms with Crippen LogP contribution in [0.5, 0.6) is 0 Å². The molecule has 0 aliphatic carbocycles. The standard InChI is InChI=1S/C9H12N6O/c1-5-3-12-9(10)14-8(5)11-4-7-13-6(2)16-15-7/h3H,4H2,1-2H3,(H3,10,11,12,14). The van der Waals surface area contributed by atoms with Gasteiger partial charge in [-0.05, 0) is 6.92 Å². The van der Waals surface area contributed by atoms with Crippen molar-refractivity contribution in [3.05, 3.63) is 23.5 Å². The first-order valence-corrected chi connectivity index (χ1v) is 4.77. The number of rotatable bonds is 3.